The average Bonchev–Trinajstić information content (AvgIpc) is 2.01. The fourth-order valence-corrected chi connectivity index (χ4v) is 1.17. The second-order valence-corrected chi connectivity index (χ2v) is 3.02. The topological polar surface area (TPSA) is 58.9 Å². The van der Waals surface area contributed by atoms with Gasteiger partial charge in [0, 0.05) is 0 Å². The monoisotopic (exact) mass is 203 g/mol. The molecule has 0 spiro atoms. The van der Waals surface area contributed by atoms with Crippen LogP contribution in [0.25, 0.3) is 0 Å². The van der Waals surface area contributed by atoms with Gasteiger partial charge in [-0.25, -0.2) is 9.97 Å². The number of nitrogens with zero attached hydrogens (tertiary/aromatic N) is 3. The Labute approximate surface area is 81.3 Å². The number of hydrogen-bond acceptors (Lipinski definition) is 6. The predicted octanol–water partition coefficient (Wildman–Crippen LogP) is 0.892. The average molecular weight is 203 g/mol. The molecule has 0 bridgehead atoms. The van der Waals surface area contributed by atoms with E-state index in [-0.39, 0.29) is 10.3 Å². The summed E-state index contributed by atoms with van der Waals surface area (Å²) in [5.74, 6) is 0.322. The molecule has 0 radical (unpaired) electrons. The summed E-state index contributed by atoms with van der Waals surface area (Å²) in [6.07, 6.45) is -0.102. The van der Waals surface area contributed by atoms with Crippen molar-refractivity contribution in [2.75, 3.05) is 0 Å². The highest BCUT2D eigenvalue weighted by Gasteiger charge is 2.09. The molecule has 1 atom stereocenters. The lowest BCUT2D eigenvalue weighted by molar-refractivity contribution is 0.161. The van der Waals surface area contributed by atoms with Gasteiger partial charge in [-0.1, -0.05) is 6.92 Å². The molecule has 6 heteroatoms. The Kier molecular flexibility index (Phi) is 3.30. The molecule has 0 saturated carbocycles. The van der Waals surface area contributed by atoms with Crippen molar-refractivity contribution in [3.05, 3.63) is 5.82 Å². The third-order valence-corrected chi connectivity index (χ3v) is 1.71. The van der Waals surface area contributed by atoms with Crippen LogP contribution in [0.4, 0.5) is 0 Å². The Balaban J connectivity index is 3.00. The second-order valence-electron chi connectivity index (χ2n) is 2.22. The molecule has 4 nitrogen and oxygen atoms in total. The molecule has 1 heterocycles. The van der Waals surface area contributed by atoms with Crippen LogP contribution < -0.4 is 0 Å². The summed E-state index contributed by atoms with van der Waals surface area (Å²) < 4.78 is 0. The summed E-state index contributed by atoms with van der Waals surface area (Å²) in [5.41, 5.74) is 0. The number of aliphatic hydroxyl groups excluding tert-OH is 1. The first-order valence-corrected chi connectivity index (χ1v) is 4.35. The summed E-state index contributed by atoms with van der Waals surface area (Å²) in [5, 5.41) is 9.91. The van der Waals surface area contributed by atoms with Crippen LogP contribution >= 0.6 is 25.3 Å². The lowest BCUT2D eigenvalue weighted by Gasteiger charge is -2.05. The van der Waals surface area contributed by atoms with Crippen LogP contribution in [0.15, 0.2) is 10.3 Å². The third kappa shape index (κ3) is 2.33. The number of hydrogen-bond donors (Lipinski definition) is 3. The van der Waals surface area contributed by atoms with Crippen LogP contribution in [-0.2, 0) is 0 Å². The van der Waals surface area contributed by atoms with Crippen LogP contribution in [-0.4, -0.2) is 20.1 Å². The van der Waals surface area contributed by atoms with E-state index in [1.807, 2.05) is 6.92 Å². The van der Waals surface area contributed by atoms with Crippen LogP contribution in [0, 0.1) is 0 Å². The Morgan fingerprint density at radius 2 is 1.75 bits per heavy atom. The van der Waals surface area contributed by atoms with Crippen molar-refractivity contribution in [2.24, 2.45) is 0 Å². The van der Waals surface area contributed by atoms with E-state index < -0.39 is 6.10 Å². The minimum Gasteiger partial charge on any atom is -0.385 e. The van der Waals surface area contributed by atoms with Crippen molar-refractivity contribution in [1.29, 1.82) is 0 Å². The first-order chi connectivity index (χ1) is 5.63. The highest BCUT2D eigenvalue weighted by atomic mass is 32.1. The molecule has 1 aromatic rings. The highest BCUT2D eigenvalue weighted by molar-refractivity contribution is 7.80. The van der Waals surface area contributed by atoms with E-state index >= 15 is 0 Å². The van der Waals surface area contributed by atoms with Gasteiger partial charge in [-0.15, -0.1) is 25.3 Å². The normalized spacial score (nSPS) is 13.0. The molecule has 1 aromatic heterocycles. The molecule has 0 aliphatic heterocycles. The lowest BCUT2D eigenvalue weighted by Crippen LogP contribution is -2.04. The van der Waals surface area contributed by atoms with Crippen LogP contribution in [0.1, 0.15) is 25.3 Å². The minimum absolute atomic E-state index is 0.275. The van der Waals surface area contributed by atoms with E-state index in [4.69, 9.17) is 0 Å². The minimum atomic E-state index is -0.662. The molecule has 1 N–H and O–H groups in total. The molecule has 0 aromatic carbocycles. The van der Waals surface area contributed by atoms with Gasteiger partial charge in [0.05, 0.1) is 0 Å². The van der Waals surface area contributed by atoms with E-state index in [1.165, 1.54) is 0 Å². The van der Waals surface area contributed by atoms with Gasteiger partial charge in [0.2, 0.25) is 0 Å². The Bertz CT molecular complexity index is 261. The van der Waals surface area contributed by atoms with Crippen molar-refractivity contribution >= 4 is 25.3 Å². The largest absolute Gasteiger partial charge is 0.385 e. The molecule has 0 aliphatic carbocycles. The summed E-state index contributed by atoms with van der Waals surface area (Å²) in [6, 6.07) is 0. The first-order valence-electron chi connectivity index (χ1n) is 3.45. The number of aromatic nitrogens is 3. The van der Waals surface area contributed by atoms with Crippen molar-refractivity contribution in [3.8, 4) is 0 Å². The van der Waals surface area contributed by atoms with Gasteiger partial charge in [0.15, 0.2) is 16.1 Å². The van der Waals surface area contributed by atoms with Gasteiger partial charge in [-0.2, -0.15) is 4.98 Å². The van der Waals surface area contributed by atoms with E-state index in [0.717, 1.165) is 0 Å². The second kappa shape index (κ2) is 4.06. The molecule has 12 heavy (non-hydrogen) atoms. The molecule has 66 valence electrons. The summed E-state index contributed by atoms with van der Waals surface area (Å²) in [6.45, 7) is 1.84. The summed E-state index contributed by atoms with van der Waals surface area (Å²) >= 11 is 7.87. The van der Waals surface area contributed by atoms with Gasteiger partial charge in [0.25, 0.3) is 0 Å². The quantitative estimate of drug-likeness (QED) is 0.625. The van der Waals surface area contributed by atoms with Gasteiger partial charge in [-0.3, -0.25) is 0 Å². The zero-order chi connectivity index (χ0) is 9.14. The lowest BCUT2D eigenvalue weighted by atomic mass is 10.3. The Morgan fingerprint density at radius 1 is 1.25 bits per heavy atom. The van der Waals surface area contributed by atoms with Gasteiger partial charge in [0.1, 0.15) is 6.10 Å². The molecular formula is C6H9N3OS2. The zero-order valence-electron chi connectivity index (χ0n) is 6.47. The first kappa shape index (κ1) is 9.76. The van der Waals surface area contributed by atoms with E-state index in [1.54, 1.807) is 0 Å². The number of aliphatic hydroxyl groups is 1. The van der Waals surface area contributed by atoms with Gasteiger partial charge < -0.3 is 5.11 Å². The van der Waals surface area contributed by atoms with Crippen LogP contribution in [0.2, 0.25) is 0 Å². The molecule has 0 amide bonds. The molecule has 0 fully saturated rings. The van der Waals surface area contributed by atoms with Gasteiger partial charge >= 0.3 is 0 Å². The Morgan fingerprint density at radius 3 is 2.17 bits per heavy atom. The molecule has 0 aliphatic rings. The van der Waals surface area contributed by atoms with E-state index in [0.29, 0.717) is 12.2 Å². The maximum absolute atomic E-state index is 9.36. The van der Waals surface area contributed by atoms with Crippen molar-refractivity contribution < 1.29 is 5.11 Å². The molecule has 0 saturated heterocycles. The molecule has 1 unspecified atom stereocenters. The smallest absolute Gasteiger partial charge is 0.188 e. The molecular weight excluding hydrogens is 194 g/mol. The van der Waals surface area contributed by atoms with Crippen LogP contribution in [0.5, 0.6) is 0 Å². The molecule has 1 rings (SSSR count). The van der Waals surface area contributed by atoms with Crippen molar-refractivity contribution in [2.45, 2.75) is 29.8 Å². The van der Waals surface area contributed by atoms with E-state index in [9.17, 15) is 5.11 Å². The fraction of sp³-hybridized carbons (Fsp3) is 0.500. The predicted molar refractivity (Wildman–Crippen MR) is 49.6 cm³/mol. The summed E-state index contributed by atoms with van der Waals surface area (Å²) in [4.78, 5) is 11.4. The van der Waals surface area contributed by atoms with Gasteiger partial charge in [-0.05, 0) is 6.42 Å². The zero-order valence-corrected chi connectivity index (χ0v) is 8.26. The fourth-order valence-electron chi connectivity index (χ4n) is 0.701. The SMILES string of the molecule is CCC(O)c1nc(S)nc(S)n1. The van der Waals surface area contributed by atoms with E-state index in [2.05, 4.69) is 40.2 Å². The number of thiol groups is 2. The third-order valence-electron chi connectivity index (χ3n) is 1.31. The van der Waals surface area contributed by atoms with Crippen molar-refractivity contribution in [1.82, 2.24) is 15.0 Å². The highest BCUT2D eigenvalue weighted by Crippen LogP contribution is 2.13. The van der Waals surface area contributed by atoms with Crippen LogP contribution in [0.3, 0.4) is 0 Å². The van der Waals surface area contributed by atoms with Crippen molar-refractivity contribution in [3.63, 3.8) is 0 Å². The standard InChI is InChI=1S/C6H9N3OS2/c1-2-3(10)4-7-5(11)9-6(12)8-4/h3,10H,2H2,1H3,(H2,7,8,9,11,12). The maximum Gasteiger partial charge on any atom is 0.188 e. The summed E-state index contributed by atoms with van der Waals surface area (Å²) in [7, 11) is 0. The Hall–Kier alpha value is -0.330. The maximum atomic E-state index is 9.36. The number of rotatable bonds is 2.